The number of anilines is 3. The van der Waals surface area contributed by atoms with E-state index in [0.717, 1.165) is 4.57 Å². The minimum Gasteiger partial charge on any atom is -0.438 e. The van der Waals surface area contributed by atoms with Crippen LogP contribution in [0.5, 0.6) is 0 Å². The first-order valence-corrected chi connectivity index (χ1v) is 11.5. The van der Waals surface area contributed by atoms with E-state index in [9.17, 15) is 14.5 Å². The maximum absolute atomic E-state index is 12.6. The number of halogens is 1. The molecule has 0 saturated carbocycles. The summed E-state index contributed by atoms with van der Waals surface area (Å²) < 4.78 is 23.5. The van der Waals surface area contributed by atoms with E-state index in [4.69, 9.17) is 31.8 Å². The second-order valence-electron chi connectivity index (χ2n) is 6.85. The fourth-order valence-electron chi connectivity index (χ4n) is 3.59. The molecule has 0 spiro atoms. The van der Waals surface area contributed by atoms with E-state index in [1.54, 1.807) is 0 Å². The third kappa shape index (κ3) is 3.58. The number of nitrogen functional groups attached to an aromatic ring is 1. The van der Waals surface area contributed by atoms with Gasteiger partial charge < -0.3 is 20.5 Å². The number of hydrogen-bond donors (Lipinski definition) is 4. The fraction of sp³-hybridized carbons (Fsp3) is 0.429. The van der Waals surface area contributed by atoms with Gasteiger partial charge >= 0.3 is 21.5 Å². The van der Waals surface area contributed by atoms with E-state index < -0.39 is 49.1 Å². The Kier molecular flexibility index (Phi) is 4.95. The summed E-state index contributed by atoms with van der Waals surface area (Å²) in [5.74, 6) is 0.0653. The van der Waals surface area contributed by atoms with E-state index in [1.807, 2.05) is 0 Å². The van der Waals surface area contributed by atoms with Crippen LogP contribution >= 0.6 is 23.8 Å². The summed E-state index contributed by atoms with van der Waals surface area (Å²) >= 11 is 3.41. The summed E-state index contributed by atoms with van der Waals surface area (Å²) in [5.41, 5.74) is 5.37. The summed E-state index contributed by atoms with van der Waals surface area (Å²) in [4.78, 5) is 46.9. The topological polar surface area (TPSA) is 179 Å². The number of nitrogens with one attached hydrogen (secondary N) is 2. The molecule has 2 saturated heterocycles. The third-order valence-electron chi connectivity index (χ3n) is 4.88. The van der Waals surface area contributed by atoms with Gasteiger partial charge in [0.05, 0.1) is 0 Å². The number of alkyl halides is 1. The number of aromatic nitrogens is 4. The standard InChI is InChI=1S/C14H15BBrN7O7P/c15-31(26)27-3-5-7(30-31)8(29-14(25)22-2-1-18-4-22)11(28-5)23-9-6(19-12(23)16)10(24)21-13(17)20-9/h1-2,4-5,7-8,11-12,19,26H,3H2,(H3,17,20,21,24)/q+1/t5-,7-,8?,11?,12?,31?/m1/s1. The molecule has 0 amide bonds. The molecule has 0 aromatic carbocycles. The quantitative estimate of drug-likeness (QED) is 0.175. The first-order chi connectivity index (χ1) is 14.7. The number of ether oxygens (including phenoxy) is 2. The van der Waals surface area contributed by atoms with Crippen LogP contribution < -0.4 is 21.5 Å². The number of carbonyl (C=O) groups excluding carboxylic acids is 1. The van der Waals surface area contributed by atoms with Crippen LogP contribution in [0.1, 0.15) is 0 Å². The van der Waals surface area contributed by atoms with E-state index in [2.05, 4.69) is 36.2 Å². The van der Waals surface area contributed by atoms with Crippen LogP contribution in [0.3, 0.4) is 0 Å². The van der Waals surface area contributed by atoms with Crippen molar-refractivity contribution in [3.63, 3.8) is 0 Å². The lowest BCUT2D eigenvalue weighted by Gasteiger charge is -2.32. The average Bonchev–Trinajstić information content (AvgIpc) is 3.40. The smallest absolute Gasteiger partial charge is 0.438 e. The summed E-state index contributed by atoms with van der Waals surface area (Å²) in [6, 6.07) is 0. The van der Waals surface area contributed by atoms with Crippen LogP contribution in [0.25, 0.3) is 0 Å². The summed E-state index contributed by atoms with van der Waals surface area (Å²) in [6.07, 6.45) is -0.439. The van der Waals surface area contributed by atoms with Crippen molar-refractivity contribution in [2.75, 3.05) is 22.6 Å². The predicted molar refractivity (Wildman–Crippen MR) is 110 cm³/mol. The summed E-state index contributed by atoms with van der Waals surface area (Å²) in [6.45, 7) is -0.0902. The highest BCUT2D eigenvalue weighted by Gasteiger charge is 2.61. The van der Waals surface area contributed by atoms with Gasteiger partial charge in [-0.3, -0.25) is 14.7 Å². The minimum atomic E-state index is -3.63. The van der Waals surface area contributed by atoms with E-state index in [-0.39, 0.29) is 24.1 Å². The maximum atomic E-state index is 12.6. The number of hydrogen-bond acceptors (Lipinski definition) is 12. The highest BCUT2D eigenvalue weighted by molar-refractivity contribution is 9.09. The first kappa shape index (κ1) is 20.7. The molecule has 5 N–H and O–H groups in total. The molecule has 2 radical (unpaired) electrons. The number of imidazole rings is 1. The normalized spacial score (nSPS) is 34.1. The Balaban J connectivity index is 1.52. The number of rotatable bonds is 2. The second kappa shape index (κ2) is 7.43. The molecule has 2 aromatic heterocycles. The number of fused-ring (bicyclic) bond motifs is 2. The summed E-state index contributed by atoms with van der Waals surface area (Å²) in [7, 11) is 2.04. The Bertz CT molecular complexity index is 1070. The molecule has 0 bridgehead atoms. The number of nitrogens with zero attached hydrogens (tertiary/aromatic N) is 4. The molecule has 14 nitrogen and oxygen atoms in total. The molecule has 17 heteroatoms. The van der Waals surface area contributed by atoms with Crippen molar-refractivity contribution in [3.8, 4) is 0 Å². The van der Waals surface area contributed by atoms with Crippen molar-refractivity contribution in [1.82, 2.24) is 19.5 Å². The molecule has 3 aliphatic heterocycles. The lowest BCUT2D eigenvalue weighted by atomic mass is 10.1. The molecule has 162 valence electrons. The molecule has 6 atom stereocenters. The van der Waals surface area contributed by atoms with E-state index >= 15 is 0 Å². The van der Waals surface area contributed by atoms with E-state index in [0.29, 0.717) is 0 Å². The Hall–Kier alpha value is -2.23. The highest BCUT2D eigenvalue weighted by Crippen LogP contribution is 2.58. The molecular formula is C14H15BBrN7O7P+. The Morgan fingerprint density at radius 1 is 1.52 bits per heavy atom. The van der Waals surface area contributed by atoms with Crippen LogP contribution in [0.2, 0.25) is 0 Å². The van der Waals surface area contributed by atoms with Crippen molar-refractivity contribution < 1.29 is 28.2 Å². The monoisotopic (exact) mass is 514 g/mol. The van der Waals surface area contributed by atoms with Gasteiger partial charge in [0.25, 0.3) is 5.56 Å². The lowest BCUT2D eigenvalue weighted by molar-refractivity contribution is -0.0445. The van der Waals surface area contributed by atoms with Crippen molar-refractivity contribution >= 4 is 54.9 Å². The van der Waals surface area contributed by atoms with Gasteiger partial charge in [-0.15, -0.1) is 0 Å². The number of aromatic amines is 1. The van der Waals surface area contributed by atoms with Gasteiger partial charge in [-0.1, -0.05) is 0 Å². The van der Waals surface area contributed by atoms with Crippen LogP contribution in [-0.2, 0) is 18.5 Å². The molecule has 5 heterocycles. The zero-order valence-corrected chi connectivity index (χ0v) is 18.0. The SMILES string of the molecule is [B][P+]1(O)OC[C@H]2OC(N3c4nc(N)[nH]c(=O)c4NC3Br)C(OC(=O)n3ccnc3)[C@@H]2O1. The second-order valence-corrected chi connectivity index (χ2v) is 9.32. The fourth-order valence-corrected chi connectivity index (χ4v) is 5.27. The summed E-state index contributed by atoms with van der Waals surface area (Å²) in [5, 5.41) is 2.26. The molecule has 2 aromatic rings. The van der Waals surface area contributed by atoms with Gasteiger partial charge in [0.15, 0.2) is 29.3 Å². The molecule has 3 aliphatic rings. The molecule has 5 rings (SSSR count). The van der Waals surface area contributed by atoms with Gasteiger partial charge in [-0.05, 0) is 15.9 Å². The van der Waals surface area contributed by atoms with Crippen LogP contribution in [0.4, 0.5) is 22.2 Å². The zero-order valence-electron chi connectivity index (χ0n) is 15.5. The van der Waals surface area contributed by atoms with Gasteiger partial charge in [-0.25, -0.2) is 19.2 Å². The van der Waals surface area contributed by atoms with Crippen molar-refractivity contribution in [2.24, 2.45) is 0 Å². The Morgan fingerprint density at radius 3 is 3.06 bits per heavy atom. The third-order valence-corrected chi connectivity index (χ3v) is 6.61. The first-order valence-electron chi connectivity index (χ1n) is 8.90. The molecule has 0 aliphatic carbocycles. The molecular weight excluding hydrogens is 500 g/mol. The minimum absolute atomic E-state index is 0.0902. The number of H-pyrrole nitrogens is 1. The molecule has 4 unspecified atom stereocenters. The van der Waals surface area contributed by atoms with E-state index in [1.165, 1.54) is 23.6 Å². The molecule has 2 fully saturated rings. The Morgan fingerprint density at radius 2 is 2.32 bits per heavy atom. The van der Waals surface area contributed by atoms with Crippen molar-refractivity contribution in [3.05, 3.63) is 29.1 Å². The largest absolute Gasteiger partial charge is 0.488 e. The average molecular weight is 515 g/mol. The van der Waals surface area contributed by atoms with Gasteiger partial charge in [0.2, 0.25) is 5.95 Å². The number of carbonyl (C=O) groups is 1. The van der Waals surface area contributed by atoms with Crippen LogP contribution in [0.15, 0.2) is 23.5 Å². The molecule has 31 heavy (non-hydrogen) atoms. The zero-order chi connectivity index (χ0) is 21.9. The van der Waals surface area contributed by atoms with Crippen molar-refractivity contribution in [1.29, 1.82) is 0 Å². The highest BCUT2D eigenvalue weighted by atomic mass is 79.9. The van der Waals surface area contributed by atoms with Gasteiger partial charge in [-0.2, -0.15) is 14.0 Å². The predicted octanol–water partition coefficient (Wildman–Crippen LogP) is -0.509. The van der Waals surface area contributed by atoms with Gasteiger partial charge in [0.1, 0.15) is 24.7 Å². The Labute approximate surface area is 184 Å². The van der Waals surface area contributed by atoms with Gasteiger partial charge in [0, 0.05) is 12.4 Å². The van der Waals surface area contributed by atoms with Crippen molar-refractivity contribution in [2.45, 2.75) is 29.6 Å². The maximum Gasteiger partial charge on any atom is 0.488 e. The lowest BCUT2D eigenvalue weighted by Crippen LogP contribution is -2.50. The van der Waals surface area contributed by atoms with Crippen LogP contribution in [0, 0.1) is 0 Å². The number of nitrogens with two attached hydrogens (primary N) is 1. The van der Waals surface area contributed by atoms with Crippen LogP contribution in [-0.4, -0.2) is 74.3 Å².